The second-order valence-corrected chi connectivity index (χ2v) is 5.17. The van der Waals surface area contributed by atoms with Crippen LogP contribution in [0.15, 0.2) is 30.3 Å². The summed E-state index contributed by atoms with van der Waals surface area (Å²) in [5.41, 5.74) is 2.06. The number of rotatable bonds is 6. The zero-order chi connectivity index (χ0) is 15.2. The van der Waals surface area contributed by atoms with E-state index in [2.05, 4.69) is 6.08 Å². The topological polar surface area (TPSA) is 38.8 Å². The zero-order valence-corrected chi connectivity index (χ0v) is 13.0. The third kappa shape index (κ3) is 3.64. The van der Waals surface area contributed by atoms with E-state index in [9.17, 15) is 4.79 Å². The normalized spacial score (nSPS) is 18.6. The molecule has 0 saturated heterocycles. The summed E-state index contributed by atoms with van der Waals surface area (Å²) in [5, 5.41) is 0. The summed E-state index contributed by atoms with van der Waals surface area (Å²) in [6.07, 6.45) is 2.95. The van der Waals surface area contributed by atoms with Crippen LogP contribution in [-0.2, 0) is 9.53 Å². The zero-order valence-electron chi connectivity index (χ0n) is 13.0. The number of amides is 1. The molecule has 0 fully saturated rings. The molecule has 0 saturated carbocycles. The molecule has 1 amide bonds. The Morgan fingerprint density at radius 2 is 1.95 bits per heavy atom. The van der Waals surface area contributed by atoms with E-state index in [4.69, 9.17) is 9.47 Å². The van der Waals surface area contributed by atoms with Crippen molar-refractivity contribution >= 4 is 11.6 Å². The van der Waals surface area contributed by atoms with Crippen molar-refractivity contribution in [3.63, 3.8) is 0 Å². The van der Waals surface area contributed by atoms with E-state index in [1.807, 2.05) is 43.0 Å². The fourth-order valence-corrected chi connectivity index (χ4v) is 2.45. The molecule has 1 unspecified atom stereocenters. The molecule has 2 rings (SSSR count). The first-order valence-electron chi connectivity index (χ1n) is 7.41. The van der Waals surface area contributed by atoms with E-state index >= 15 is 0 Å². The van der Waals surface area contributed by atoms with Gasteiger partial charge in [0.2, 0.25) is 5.91 Å². The van der Waals surface area contributed by atoms with Gasteiger partial charge in [0.05, 0.1) is 6.61 Å². The standard InChI is InChI=1S/C17H23NO3/c1-4-18-16(10-5-13(2)17(18)19)14-6-8-15(9-7-14)21-12-11-20-3/h6-10,13H,4-5,11-12H2,1-3H3. The average molecular weight is 289 g/mol. The summed E-state index contributed by atoms with van der Waals surface area (Å²) in [4.78, 5) is 14.1. The van der Waals surface area contributed by atoms with E-state index in [0.717, 1.165) is 23.4 Å². The van der Waals surface area contributed by atoms with E-state index < -0.39 is 0 Å². The number of allylic oxidation sites excluding steroid dienone is 1. The second kappa shape index (κ2) is 7.27. The second-order valence-electron chi connectivity index (χ2n) is 5.17. The highest BCUT2D eigenvalue weighted by Gasteiger charge is 2.26. The Labute approximate surface area is 126 Å². The Bertz CT molecular complexity index is 507. The highest BCUT2D eigenvalue weighted by atomic mass is 16.5. The molecule has 1 heterocycles. The van der Waals surface area contributed by atoms with Crippen LogP contribution in [0.4, 0.5) is 0 Å². The number of carbonyl (C=O) groups excluding carboxylic acids is 1. The Morgan fingerprint density at radius 1 is 1.24 bits per heavy atom. The maximum Gasteiger partial charge on any atom is 0.230 e. The largest absolute Gasteiger partial charge is 0.491 e. The van der Waals surface area contributed by atoms with Crippen molar-refractivity contribution in [3.8, 4) is 5.75 Å². The fourth-order valence-electron chi connectivity index (χ4n) is 2.45. The summed E-state index contributed by atoms with van der Waals surface area (Å²) in [6, 6.07) is 7.87. The highest BCUT2D eigenvalue weighted by Crippen LogP contribution is 2.29. The van der Waals surface area contributed by atoms with Gasteiger partial charge in [-0.15, -0.1) is 0 Å². The first-order chi connectivity index (χ1) is 10.2. The van der Waals surface area contributed by atoms with Crippen molar-refractivity contribution in [2.45, 2.75) is 20.3 Å². The van der Waals surface area contributed by atoms with Gasteiger partial charge in [-0.05, 0) is 43.2 Å². The molecule has 1 atom stereocenters. The van der Waals surface area contributed by atoms with Crippen LogP contribution in [0.3, 0.4) is 0 Å². The van der Waals surface area contributed by atoms with Crippen LogP contribution in [0.2, 0.25) is 0 Å². The van der Waals surface area contributed by atoms with Crippen molar-refractivity contribution in [1.29, 1.82) is 0 Å². The number of methoxy groups -OCH3 is 1. The molecule has 0 spiro atoms. The third-order valence-corrected chi connectivity index (χ3v) is 3.67. The predicted octanol–water partition coefficient (Wildman–Crippen LogP) is 2.94. The number of nitrogens with zero attached hydrogens (tertiary/aromatic N) is 1. The van der Waals surface area contributed by atoms with Crippen LogP contribution in [0, 0.1) is 5.92 Å². The van der Waals surface area contributed by atoms with Gasteiger partial charge in [0.25, 0.3) is 0 Å². The van der Waals surface area contributed by atoms with Gasteiger partial charge < -0.3 is 14.4 Å². The van der Waals surface area contributed by atoms with Gasteiger partial charge in [0.1, 0.15) is 12.4 Å². The van der Waals surface area contributed by atoms with Crippen LogP contribution in [-0.4, -0.2) is 37.7 Å². The van der Waals surface area contributed by atoms with Crippen molar-refractivity contribution in [1.82, 2.24) is 4.90 Å². The molecule has 21 heavy (non-hydrogen) atoms. The minimum Gasteiger partial charge on any atom is -0.491 e. The van der Waals surface area contributed by atoms with E-state index in [1.165, 1.54) is 0 Å². The number of hydrogen-bond donors (Lipinski definition) is 0. The van der Waals surface area contributed by atoms with Crippen molar-refractivity contribution in [2.75, 3.05) is 26.9 Å². The average Bonchev–Trinajstić information content (AvgIpc) is 2.51. The molecule has 4 heteroatoms. The van der Waals surface area contributed by atoms with Crippen LogP contribution in [0.1, 0.15) is 25.8 Å². The quantitative estimate of drug-likeness (QED) is 0.756. The molecule has 1 aliphatic rings. The van der Waals surface area contributed by atoms with Crippen molar-refractivity contribution in [3.05, 3.63) is 35.9 Å². The van der Waals surface area contributed by atoms with Gasteiger partial charge >= 0.3 is 0 Å². The van der Waals surface area contributed by atoms with Crippen LogP contribution >= 0.6 is 0 Å². The highest BCUT2D eigenvalue weighted by molar-refractivity contribution is 5.90. The van der Waals surface area contributed by atoms with Crippen molar-refractivity contribution < 1.29 is 14.3 Å². The first-order valence-corrected chi connectivity index (χ1v) is 7.41. The summed E-state index contributed by atoms with van der Waals surface area (Å²) in [5.74, 6) is 1.09. The minimum absolute atomic E-state index is 0.0744. The number of carbonyl (C=O) groups is 1. The Morgan fingerprint density at radius 3 is 2.57 bits per heavy atom. The van der Waals surface area contributed by atoms with Gasteiger partial charge in [-0.1, -0.05) is 13.0 Å². The third-order valence-electron chi connectivity index (χ3n) is 3.67. The first kappa shape index (κ1) is 15.6. The van der Waals surface area contributed by atoms with Gasteiger partial charge in [-0.25, -0.2) is 0 Å². The van der Waals surface area contributed by atoms with Crippen molar-refractivity contribution in [2.24, 2.45) is 5.92 Å². The molecule has 0 N–H and O–H groups in total. The summed E-state index contributed by atoms with van der Waals surface area (Å²) in [7, 11) is 1.65. The Hall–Kier alpha value is -1.81. The smallest absolute Gasteiger partial charge is 0.230 e. The monoisotopic (exact) mass is 289 g/mol. The molecule has 0 aromatic heterocycles. The number of benzene rings is 1. The van der Waals surface area contributed by atoms with Gasteiger partial charge in [0.15, 0.2) is 0 Å². The molecular formula is C17H23NO3. The Balaban J connectivity index is 2.12. The van der Waals surface area contributed by atoms with Gasteiger partial charge in [-0.2, -0.15) is 0 Å². The van der Waals surface area contributed by atoms with Gasteiger partial charge in [-0.3, -0.25) is 4.79 Å². The van der Waals surface area contributed by atoms with Gasteiger partial charge in [0, 0.05) is 25.3 Å². The SMILES string of the molecule is CCN1C(=O)C(C)CC=C1c1ccc(OCCOC)cc1. The summed E-state index contributed by atoms with van der Waals surface area (Å²) < 4.78 is 10.5. The lowest BCUT2D eigenvalue weighted by Gasteiger charge is -2.31. The maximum atomic E-state index is 12.2. The lowest BCUT2D eigenvalue weighted by molar-refractivity contribution is -0.131. The van der Waals surface area contributed by atoms with E-state index in [0.29, 0.717) is 19.8 Å². The Kier molecular flexibility index (Phi) is 5.39. The molecule has 1 aromatic carbocycles. The molecule has 4 nitrogen and oxygen atoms in total. The number of hydrogen-bond acceptors (Lipinski definition) is 3. The molecule has 114 valence electrons. The van der Waals surface area contributed by atoms with Crippen LogP contribution in [0.5, 0.6) is 5.75 Å². The summed E-state index contributed by atoms with van der Waals surface area (Å²) >= 11 is 0. The molecule has 1 aliphatic heterocycles. The minimum atomic E-state index is 0.0744. The van der Waals surface area contributed by atoms with E-state index in [-0.39, 0.29) is 11.8 Å². The molecular weight excluding hydrogens is 266 g/mol. The predicted molar refractivity (Wildman–Crippen MR) is 83.0 cm³/mol. The molecule has 0 aliphatic carbocycles. The van der Waals surface area contributed by atoms with Crippen LogP contribution in [0.25, 0.3) is 5.70 Å². The molecule has 0 bridgehead atoms. The summed E-state index contributed by atoms with van der Waals surface area (Å²) in [6.45, 7) is 5.79. The maximum absolute atomic E-state index is 12.2. The fraction of sp³-hybridized carbons (Fsp3) is 0.471. The lowest BCUT2D eigenvalue weighted by Crippen LogP contribution is -2.36. The van der Waals surface area contributed by atoms with E-state index in [1.54, 1.807) is 7.11 Å². The lowest BCUT2D eigenvalue weighted by atomic mass is 9.97. The number of ether oxygens (including phenoxy) is 2. The molecule has 0 radical (unpaired) electrons. The molecule has 1 aromatic rings. The van der Waals surface area contributed by atoms with Crippen LogP contribution < -0.4 is 4.74 Å².